The van der Waals surface area contributed by atoms with Crippen molar-refractivity contribution in [3.8, 4) is 11.5 Å². The van der Waals surface area contributed by atoms with Gasteiger partial charge in [-0.3, -0.25) is 0 Å². The van der Waals surface area contributed by atoms with Crippen LogP contribution in [0.15, 0.2) is 36.5 Å². The molecule has 11 heteroatoms. The van der Waals surface area contributed by atoms with Crippen LogP contribution < -0.4 is 19.7 Å². The summed E-state index contributed by atoms with van der Waals surface area (Å²) < 4.78 is 39.7. The maximum absolute atomic E-state index is 12.7. The van der Waals surface area contributed by atoms with Crippen molar-refractivity contribution in [3.63, 3.8) is 0 Å². The van der Waals surface area contributed by atoms with E-state index in [-0.39, 0.29) is 17.5 Å². The van der Waals surface area contributed by atoms with Gasteiger partial charge in [0, 0.05) is 44.1 Å². The number of aromatic nitrogens is 1. The molecular weight excluding hydrogens is 438 g/mol. The maximum Gasteiger partial charge on any atom is 0.387 e. The number of hydrogen-bond acceptors (Lipinski definition) is 7. The Balaban J connectivity index is 1.60. The number of anilines is 2. The molecule has 2 amide bonds. The van der Waals surface area contributed by atoms with Gasteiger partial charge < -0.3 is 29.3 Å². The molecule has 1 saturated heterocycles. The molecule has 0 unspecified atom stereocenters. The monoisotopic (exact) mass is 464 g/mol. The van der Waals surface area contributed by atoms with Crippen molar-refractivity contribution in [1.82, 2.24) is 9.88 Å². The van der Waals surface area contributed by atoms with Crippen LogP contribution >= 0.6 is 0 Å². The molecule has 3 rings (SSSR count). The minimum absolute atomic E-state index is 0.139. The van der Waals surface area contributed by atoms with E-state index in [2.05, 4.69) is 15.0 Å². The van der Waals surface area contributed by atoms with E-state index in [4.69, 9.17) is 9.47 Å². The first kappa shape index (κ1) is 24.0. The molecule has 1 aromatic carbocycles. The van der Waals surface area contributed by atoms with Gasteiger partial charge in [-0.1, -0.05) is 0 Å². The molecular formula is C22H26F2N4O5. The van der Waals surface area contributed by atoms with Crippen molar-refractivity contribution in [1.29, 1.82) is 0 Å². The largest absolute Gasteiger partial charge is 0.493 e. The number of halogens is 2. The molecule has 0 bridgehead atoms. The van der Waals surface area contributed by atoms with Crippen molar-refractivity contribution in [2.45, 2.75) is 20.0 Å². The van der Waals surface area contributed by atoms with Crippen LogP contribution in [-0.2, 0) is 4.74 Å². The van der Waals surface area contributed by atoms with Gasteiger partial charge in [-0.15, -0.1) is 0 Å². The SMILES string of the molecule is CCOC(=O)c1ccc(N2CCCN(C(=O)Nc3ccc(OC)c(OC(F)F)c3)CC2)nc1. The molecule has 0 saturated carbocycles. The lowest BCUT2D eigenvalue weighted by atomic mass is 10.2. The third-order valence-corrected chi connectivity index (χ3v) is 5.00. The number of carbonyl (C=O) groups excluding carboxylic acids is 2. The molecule has 33 heavy (non-hydrogen) atoms. The van der Waals surface area contributed by atoms with Gasteiger partial charge >= 0.3 is 18.6 Å². The van der Waals surface area contributed by atoms with E-state index in [9.17, 15) is 18.4 Å². The third kappa shape index (κ3) is 6.43. The maximum atomic E-state index is 12.7. The van der Waals surface area contributed by atoms with E-state index in [0.717, 1.165) is 0 Å². The average molecular weight is 464 g/mol. The molecule has 0 radical (unpaired) electrons. The fourth-order valence-electron chi connectivity index (χ4n) is 3.40. The Hall–Kier alpha value is -3.63. The summed E-state index contributed by atoms with van der Waals surface area (Å²) in [6, 6.07) is 7.36. The molecule has 2 aromatic rings. The van der Waals surface area contributed by atoms with Crippen LogP contribution in [0.5, 0.6) is 11.5 Å². The number of carbonyl (C=O) groups is 2. The first-order chi connectivity index (χ1) is 15.9. The first-order valence-electron chi connectivity index (χ1n) is 10.5. The number of esters is 1. The molecule has 1 fully saturated rings. The third-order valence-electron chi connectivity index (χ3n) is 5.00. The van der Waals surface area contributed by atoms with E-state index in [1.165, 1.54) is 25.4 Å². The quantitative estimate of drug-likeness (QED) is 0.626. The first-order valence-corrected chi connectivity index (χ1v) is 10.5. The summed E-state index contributed by atoms with van der Waals surface area (Å²) in [5, 5.41) is 2.71. The summed E-state index contributed by atoms with van der Waals surface area (Å²) in [6.07, 6.45) is 2.18. The molecule has 1 N–H and O–H groups in total. The molecule has 9 nitrogen and oxygen atoms in total. The standard InChI is InChI=1S/C22H26F2N4O5/c1-3-32-20(29)15-5-8-19(25-14-15)27-9-4-10-28(12-11-27)22(30)26-16-6-7-17(31-2)18(13-16)33-21(23)24/h5-8,13-14,21H,3-4,9-12H2,1-2H3,(H,26,30). The van der Waals surface area contributed by atoms with Crippen LogP contribution in [0, 0.1) is 0 Å². The minimum atomic E-state index is -3.01. The zero-order valence-electron chi connectivity index (χ0n) is 18.4. The van der Waals surface area contributed by atoms with Crippen molar-refractivity contribution < 1.29 is 32.6 Å². The number of urea groups is 1. The Morgan fingerprint density at radius 1 is 1.12 bits per heavy atom. The van der Waals surface area contributed by atoms with Crippen molar-refractivity contribution in [2.24, 2.45) is 0 Å². The Morgan fingerprint density at radius 3 is 2.61 bits per heavy atom. The lowest BCUT2D eigenvalue weighted by Gasteiger charge is -2.23. The van der Waals surface area contributed by atoms with E-state index >= 15 is 0 Å². The average Bonchev–Trinajstić information content (AvgIpc) is 3.06. The number of pyridine rings is 1. The summed E-state index contributed by atoms with van der Waals surface area (Å²) in [5.74, 6) is 0.259. The molecule has 1 aliphatic rings. The van der Waals surface area contributed by atoms with Gasteiger partial charge in [0.05, 0.1) is 19.3 Å². The second-order valence-corrected chi connectivity index (χ2v) is 7.13. The number of alkyl halides is 2. The van der Waals surface area contributed by atoms with Crippen LogP contribution in [-0.4, -0.2) is 68.4 Å². The van der Waals surface area contributed by atoms with Crippen LogP contribution in [0.25, 0.3) is 0 Å². The predicted molar refractivity (Wildman–Crippen MR) is 117 cm³/mol. The zero-order chi connectivity index (χ0) is 23.8. The number of ether oxygens (including phenoxy) is 3. The van der Waals surface area contributed by atoms with Gasteiger partial charge in [0.1, 0.15) is 5.82 Å². The minimum Gasteiger partial charge on any atom is -0.493 e. The van der Waals surface area contributed by atoms with Crippen LogP contribution in [0.1, 0.15) is 23.7 Å². The van der Waals surface area contributed by atoms with E-state index < -0.39 is 12.6 Å². The lowest BCUT2D eigenvalue weighted by Crippen LogP contribution is -2.38. The predicted octanol–water partition coefficient (Wildman–Crippen LogP) is 3.61. The molecule has 0 atom stereocenters. The smallest absolute Gasteiger partial charge is 0.387 e. The van der Waals surface area contributed by atoms with Crippen molar-refractivity contribution >= 4 is 23.5 Å². The summed E-state index contributed by atoms with van der Waals surface area (Å²) in [4.78, 5) is 32.6. The van der Waals surface area contributed by atoms with Gasteiger partial charge in [-0.25, -0.2) is 14.6 Å². The number of amides is 2. The summed E-state index contributed by atoms with van der Waals surface area (Å²) in [6.45, 7) is 1.20. The highest BCUT2D eigenvalue weighted by atomic mass is 19.3. The van der Waals surface area contributed by atoms with E-state index in [0.29, 0.717) is 56.3 Å². The highest BCUT2D eigenvalue weighted by molar-refractivity contribution is 5.90. The fraction of sp³-hybridized carbons (Fsp3) is 0.409. The van der Waals surface area contributed by atoms with Crippen molar-refractivity contribution in [2.75, 3.05) is 50.1 Å². The van der Waals surface area contributed by atoms with Crippen molar-refractivity contribution in [3.05, 3.63) is 42.1 Å². The van der Waals surface area contributed by atoms with E-state index in [1.54, 1.807) is 30.0 Å². The van der Waals surface area contributed by atoms with Gasteiger partial charge in [0.25, 0.3) is 0 Å². The normalized spacial score (nSPS) is 14.0. The number of nitrogens with zero attached hydrogens (tertiary/aromatic N) is 3. The molecule has 0 spiro atoms. The summed E-state index contributed by atoms with van der Waals surface area (Å²) in [5.41, 5.74) is 0.694. The fourth-order valence-corrected chi connectivity index (χ4v) is 3.40. The van der Waals surface area contributed by atoms with Gasteiger partial charge in [0.15, 0.2) is 11.5 Å². The Bertz CT molecular complexity index is 958. The molecule has 2 heterocycles. The summed E-state index contributed by atoms with van der Waals surface area (Å²) in [7, 11) is 1.34. The Morgan fingerprint density at radius 2 is 1.94 bits per heavy atom. The van der Waals surface area contributed by atoms with Gasteiger partial charge in [-0.2, -0.15) is 8.78 Å². The highest BCUT2D eigenvalue weighted by Crippen LogP contribution is 2.31. The number of benzene rings is 1. The van der Waals surface area contributed by atoms with Crippen LogP contribution in [0.3, 0.4) is 0 Å². The number of methoxy groups -OCH3 is 1. The van der Waals surface area contributed by atoms with Crippen LogP contribution in [0.4, 0.5) is 25.1 Å². The molecule has 0 aliphatic carbocycles. The van der Waals surface area contributed by atoms with Gasteiger partial charge in [0.2, 0.25) is 0 Å². The van der Waals surface area contributed by atoms with Crippen LogP contribution in [0.2, 0.25) is 0 Å². The zero-order valence-corrected chi connectivity index (χ0v) is 18.4. The topological polar surface area (TPSA) is 93.2 Å². The Kier molecular flexibility index (Phi) is 8.22. The lowest BCUT2D eigenvalue weighted by molar-refractivity contribution is -0.0511. The van der Waals surface area contributed by atoms with Gasteiger partial charge in [-0.05, 0) is 37.6 Å². The number of rotatable bonds is 7. The molecule has 1 aromatic heterocycles. The number of nitrogens with one attached hydrogen (secondary N) is 1. The second kappa shape index (κ2) is 11.3. The Labute approximate surface area is 190 Å². The molecule has 178 valence electrons. The highest BCUT2D eigenvalue weighted by Gasteiger charge is 2.21. The van der Waals surface area contributed by atoms with E-state index in [1.807, 2.05) is 4.90 Å². The second-order valence-electron chi connectivity index (χ2n) is 7.13. The number of hydrogen-bond donors (Lipinski definition) is 1. The summed E-state index contributed by atoms with van der Waals surface area (Å²) >= 11 is 0. The molecule has 1 aliphatic heterocycles.